The fourth-order valence-electron chi connectivity index (χ4n) is 5.03. The number of nitrogens with one attached hydrogen (secondary N) is 2. The third-order valence-electron chi connectivity index (χ3n) is 7.43. The van der Waals surface area contributed by atoms with E-state index < -0.39 is 23.8 Å². The summed E-state index contributed by atoms with van der Waals surface area (Å²) in [5, 5.41) is 15.1. The monoisotopic (exact) mass is 598 g/mol. The number of halogens is 3. The number of urea groups is 1. The SMILES string of the molecule is C[C@H]1CN([C@@H](C)CO)C(=O)Cc2cc(NC(=O)Nc3ccc(C(F)(F)F)cc3)ccc2O[C@@H]1CN(C)Cc1ccccc1. The molecular weight excluding hydrogens is 561 g/mol. The first-order chi connectivity index (χ1) is 20.4. The summed E-state index contributed by atoms with van der Waals surface area (Å²) in [5.74, 6) is 0.280. The molecule has 4 rings (SSSR count). The second-order valence-electron chi connectivity index (χ2n) is 11.0. The molecule has 0 aromatic heterocycles. The van der Waals surface area contributed by atoms with E-state index in [2.05, 4.69) is 27.7 Å². The van der Waals surface area contributed by atoms with Crippen LogP contribution in [0.1, 0.15) is 30.5 Å². The number of ether oxygens (including phenoxy) is 1. The van der Waals surface area contributed by atoms with Gasteiger partial charge in [-0.05, 0) is 62.0 Å². The maximum absolute atomic E-state index is 13.4. The van der Waals surface area contributed by atoms with Crippen LogP contribution in [0.4, 0.5) is 29.3 Å². The number of nitrogens with zero attached hydrogens (tertiary/aromatic N) is 2. The van der Waals surface area contributed by atoms with E-state index in [1.165, 1.54) is 12.1 Å². The smallest absolute Gasteiger partial charge is 0.416 e. The number of amides is 3. The predicted molar refractivity (Wildman–Crippen MR) is 159 cm³/mol. The van der Waals surface area contributed by atoms with Crippen LogP contribution < -0.4 is 15.4 Å². The van der Waals surface area contributed by atoms with Crippen LogP contribution in [-0.2, 0) is 23.9 Å². The molecule has 0 unspecified atom stereocenters. The summed E-state index contributed by atoms with van der Waals surface area (Å²) >= 11 is 0. The molecular formula is C32H37F3N4O4. The number of hydrogen-bond acceptors (Lipinski definition) is 5. The number of fused-ring (bicyclic) bond motifs is 1. The maximum atomic E-state index is 13.4. The summed E-state index contributed by atoms with van der Waals surface area (Å²) < 4.78 is 45.1. The summed E-state index contributed by atoms with van der Waals surface area (Å²) in [6, 6.07) is 18.2. The molecule has 0 aliphatic carbocycles. The van der Waals surface area contributed by atoms with Crippen LogP contribution in [0, 0.1) is 5.92 Å². The Balaban J connectivity index is 1.53. The lowest BCUT2D eigenvalue weighted by Gasteiger charge is -2.34. The highest BCUT2D eigenvalue weighted by atomic mass is 19.4. The van der Waals surface area contributed by atoms with Gasteiger partial charge in [0.1, 0.15) is 11.9 Å². The molecule has 230 valence electrons. The van der Waals surface area contributed by atoms with Gasteiger partial charge >= 0.3 is 12.2 Å². The summed E-state index contributed by atoms with van der Waals surface area (Å²) in [4.78, 5) is 29.9. The second-order valence-corrected chi connectivity index (χ2v) is 11.0. The number of carbonyl (C=O) groups excluding carboxylic acids is 2. The van der Waals surface area contributed by atoms with Gasteiger partial charge in [-0.3, -0.25) is 9.69 Å². The highest BCUT2D eigenvalue weighted by Crippen LogP contribution is 2.31. The Hall–Kier alpha value is -4.09. The Morgan fingerprint density at radius 1 is 1.07 bits per heavy atom. The number of alkyl halides is 3. The van der Waals surface area contributed by atoms with Crippen molar-refractivity contribution >= 4 is 23.3 Å². The van der Waals surface area contributed by atoms with Crippen LogP contribution in [0.15, 0.2) is 72.8 Å². The fraction of sp³-hybridized carbons (Fsp3) is 0.375. The standard InChI is InChI=1S/C32H37F3N4O4/c1-21-17-39(22(2)20-40)30(41)16-24-15-27(37-31(42)36-26-11-9-25(10-12-26)32(33,34)35)13-14-28(24)43-29(21)19-38(3)18-23-7-5-4-6-8-23/h4-15,21-22,29,40H,16-20H2,1-3H3,(H2,36,37,42)/t21-,22-,29+/m0/s1. The lowest BCUT2D eigenvalue weighted by Crippen LogP contribution is -2.47. The minimum atomic E-state index is -4.47. The Bertz CT molecular complexity index is 1390. The lowest BCUT2D eigenvalue weighted by molar-refractivity contribution is -0.137. The molecule has 0 radical (unpaired) electrons. The first-order valence-electron chi connectivity index (χ1n) is 14.1. The molecule has 3 N–H and O–H groups in total. The fourth-order valence-corrected chi connectivity index (χ4v) is 5.03. The zero-order valence-electron chi connectivity index (χ0n) is 24.4. The minimum Gasteiger partial charge on any atom is -0.488 e. The van der Waals surface area contributed by atoms with Crippen LogP contribution in [0.3, 0.4) is 0 Å². The summed E-state index contributed by atoms with van der Waals surface area (Å²) in [6.07, 6.45) is -4.76. The molecule has 3 amide bonds. The van der Waals surface area contributed by atoms with E-state index in [1.54, 1.807) is 30.0 Å². The Morgan fingerprint density at radius 2 is 1.72 bits per heavy atom. The van der Waals surface area contributed by atoms with E-state index in [0.29, 0.717) is 36.6 Å². The van der Waals surface area contributed by atoms with Crippen LogP contribution >= 0.6 is 0 Å². The van der Waals surface area contributed by atoms with Gasteiger partial charge in [-0.15, -0.1) is 0 Å². The number of carbonyl (C=O) groups is 2. The number of benzene rings is 3. The molecule has 8 nitrogen and oxygen atoms in total. The maximum Gasteiger partial charge on any atom is 0.416 e. The van der Waals surface area contributed by atoms with Crippen molar-refractivity contribution in [3.63, 3.8) is 0 Å². The van der Waals surface area contributed by atoms with E-state index in [4.69, 9.17) is 4.74 Å². The van der Waals surface area contributed by atoms with E-state index in [-0.39, 0.29) is 36.6 Å². The number of rotatable bonds is 8. The molecule has 0 saturated carbocycles. The lowest BCUT2D eigenvalue weighted by atomic mass is 10.0. The van der Waals surface area contributed by atoms with Crippen LogP contribution in [0.2, 0.25) is 0 Å². The van der Waals surface area contributed by atoms with Crippen LogP contribution in [0.25, 0.3) is 0 Å². The number of aliphatic hydroxyl groups excluding tert-OH is 1. The van der Waals surface area contributed by atoms with Crippen molar-refractivity contribution in [1.82, 2.24) is 9.80 Å². The molecule has 0 fully saturated rings. The molecule has 1 aliphatic heterocycles. The quantitative estimate of drug-likeness (QED) is 0.313. The van der Waals surface area contributed by atoms with Gasteiger partial charge in [-0.1, -0.05) is 37.3 Å². The van der Waals surface area contributed by atoms with E-state index >= 15 is 0 Å². The van der Waals surface area contributed by atoms with Crippen molar-refractivity contribution in [3.05, 3.63) is 89.5 Å². The Morgan fingerprint density at radius 3 is 2.37 bits per heavy atom. The van der Waals surface area contributed by atoms with Crippen molar-refractivity contribution in [2.24, 2.45) is 5.92 Å². The third kappa shape index (κ3) is 8.71. The van der Waals surface area contributed by atoms with Gasteiger partial charge < -0.3 is 25.4 Å². The minimum absolute atomic E-state index is 0.00495. The van der Waals surface area contributed by atoms with Gasteiger partial charge in [0.2, 0.25) is 5.91 Å². The van der Waals surface area contributed by atoms with Crippen LogP contribution in [0.5, 0.6) is 5.75 Å². The van der Waals surface area contributed by atoms with Gasteiger partial charge in [0.15, 0.2) is 0 Å². The number of likely N-dealkylation sites (N-methyl/N-ethyl adjacent to an activating group) is 1. The second kappa shape index (κ2) is 13.9. The van der Waals surface area contributed by atoms with E-state index in [9.17, 15) is 27.9 Å². The topological polar surface area (TPSA) is 94.1 Å². The summed E-state index contributed by atoms with van der Waals surface area (Å²) in [5.41, 5.74) is 1.49. The molecule has 11 heteroatoms. The summed E-state index contributed by atoms with van der Waals surface area (Å²) in [7, 11) is 2.01. The summed E-state index contributed by atoms with van der Waals surface area (Å²) in [6.45, 7) is 5.34. The molecule has 1 heterocycles. The van der Waals surface area contributed by atoms with E-state index in [0.717, 1.165) is 17.7 Å². The van der Waals surface area contributed by atoms with E-state index in [1.807, 2.05) is 32.2 Å². The van der Waals surface area contributed by atoms with Gasteiger partial charge in [-0.25, -0.2) is 4.79 Å². The first kappa shape index (κ1) is 31.8. The third-order valence-corrected chi connectivity index (χ3v) is 7.43. The van der Waals surface area contributed by atoms with Crippen molar-refractivity contribution in [2.45, 2.75) is 45.1 Å². The van der Waals surface area contributed by atoms with Gasteiger partial charge in [0, 0.05) is 42.5 Å². The number of hydrogen-bond donors (Lipinski definition) is 3. The molecule has 0 spiro atoms. The average molecular weight is 599 g/mol. The Labute approximate surface area is 249 Å². The molecule has 1 aliphatic rings. The molecule has 0 bridgehead atoms. The zero-order chi connectivity index (χ0) is 31.1. The average Bonchev–Trinajstić information content (AvgIpc) is 3.00. The molecule has 3 atom stereocenters. The van der Waals surface area contributed by atoms with Crippen LogP contribution in [-0.4, -0.2) is 65.7 Å². The van der Waals surface area contributed by atoms with Gasteiger partial charge in [0.05, 0.1) is 24.6 Å². The van der Waals surface area contributed by atoms with Crippen molar-refractivity contribution in [1.29, 1.82) is 0 Å². The Kier molecular flexibility index (Phi) is 10.3. The first-order valence-corrected chi connectivity index (χ1v) is 14.1. The zero-order valence-corrected chi connectivity index (χ0v) is 24.4. The molecule has 3 aromatic carbocycles. The van der Waals surface area contributed by atoms with Gasteiger partial charge in [0.25, 0.3) is 0 Å². The predicted octanol–water partition coefficient (Wildman–Crippen LogP) is 5.63. The van der Waals surface area contributed by atoms with Gasteiger partial charge in [-0.2, -0.15) is 13.2 Å². The number of anilines is 2. The molecule has 0 saturated heterocycles. The normalized spacial score (nSPS) is 18.1. The van der Waals surface area contributed by atoms with Crippen molar-refractivity contribution in [2.75, 3.05) is 37.4 Å². The van der Waals surface area contributed by atoms with Crippen molar-refractivity contribution in [3.8, 4) is 5.75 Å². The molecule has 3 aromatic rings. The highest BCUT2D eigenvalue weighted by Gasteiger charge is 2.32. The largest absolute Gasteiger partial charge is 0.488 e. The molecule has 43 heavy (non-hydrogen) atoms. The number of aliphatic hydroxyl groups is 1. The van der Waals surface area contributed by atoms with Crippen molar-refractivity contribution < 1.29 is 32.6 Å². The highest BCUT2D eigenvalue weighted by molar-refractivity contribution is 6.00.